The molecule has 0 unspecified atom stereocenters. The van der Waals surface area contributed by atoms with Crippen molar-refractivity contribution < 1.29 is 9.47 Å². The highest BCUT2D eigenvalue weighted by molar-refractivity contribution is 5.77. The Morgan fingerprint density at radius 1 is 1.31 bits per heavy atom. The van der Waals surface area contributed by atoms with E-state index in [2.05, 4.69) is 23.2 Å². The molecule has 0 aromatic heterocycles. The van der Waals surface area contributed by atoms with E-state index in [1.165, 1.54) is 5.69 Å². The Balaban J connectivity index is 2.00. The van der Waals surface area contributed by atoms with Gasteiger partial charge in [-0.05, 0) is 6.42 Å². The fourth-order valence-corrected chi connectivity index (χ4v) is 2.28. The predicted octanol–water partition coefficient (Wildman–Crippen LogP) is 2.06. The Kier molecular flexibility index (Phi) is 2.27. The highest BCUT2D eigenvalue weighted by atomic mass is 16.7. The Morgan fingerprint density at radius 3 is 2.94 bits per heavy atom. The summed E-state index contributed by atoms with van der Waals surface area (Å²) in [5, 5.41) is 3.40. The minimum absolute atomic E-state index is 0.339. The number of nitrogens with zero attached hydrogens (tertiary/aromatic N) is 1. The summed E-state index contributed by atoms with van der Waals surface area (Å²) in [4.78, 5) is 2.40. The molecular formula is C12H16N2O2. The lowest BCUT2D eigenvalue weighted by Crippen LogP contribution is -2.34. The van der Waals surface area contributed by atoms with Crippen molar-refractivity contribution in [2.75, 3.05) is 36.6 Å². The SMILES string of the molecule is CCCN1CCNc2cc3c(cc21)OCO3. The molecule has 0 saturated carbocycles. The highest BCUT2D eigenvalue weighted by Crippen LogP contribution is 2.42. The lowest BCUT2D eigenvalue weighted by Gasteiger charge is -2.31. The smallest absolute Gasteiger partial charge is 0.231 e. The molecule has 1 aromatic carbocycles. The summed E-state index contributed by atoms with van der Waals surface area (Å²) in [5.41, 5.74) is 2.39. The van der Waals surface area contributed by atoms with Crippen molar-refractivity contribution in [3.8, 4) is 11.5 Å². The average molecular weight is 220 g/mol. The molecule has 1 aromatic rings. The maximum absolute atomic E-state index is 5.41. The van der Waals surface area contributed by atoms with Crippen LogP contribution in [0.15, 0.2) is 12.1 Å². The molecule has 0 spiro atoms. The van der Waals surface area contributed by atoms with E-state index >= 15 is 0 Å². The number of hydrogen-bond acceptors (Lipinski definition) is 4. The van der Waals surface area contributed by atoms with Crippen LogP contribution in [0.1, 0.15) is 13.3 Å². The van der Waals surface area contributed by atoms with Gasteiger partial charge >= 0.3 is 0 Å². The summed E-state index contributed by atoms with van der Waals surface area (Å²) in [6.45, 7) is 5.68. The number of benzene rings is 1. The summed E-state index contributed by atoms with van der Waals surface area (Å²) in [5.74, 6) is 1.72. The molecular weight excluding hydrogens is 204 g/mol. The minimum Gasteiger partial charge on any atom is -0.454 e. The topological polar surface area (TPSA) is 33.7 Å². The van der Waals surface area contributed by atoms with Crippen LogP contribution in [-0.4, -0.2) is 26.4 Å². The van der Waals surface area contributed by atoms with Gasteiger partial charge in [-0.25, -0.2) is 0 Å². The van der Waals surface area contributed by atoms with E-state index in [0.717, 1.165) is 43.2 Å². The first-order valence-corrected chi connectivity index (χ1v) is 5.81. The van der Waals surface area contributed by atoms with Crippen molar-refractivity contribution in [2.45, 2.75) is 13.3 Å². The van der Waals surface area contributed by atoms with Crippen LogP contribution in [0.25, 0.3) is 0 Å². The molecule has 0 bridgehead atoms. The Labute approximate surface area is 95.1 Å². The lowest BCUT2D eigenvalue weighted by molar-refractivity contribution is 0.174. The van der Waals surface area contributed by atoms with Crippen molar-refractivity contribution in [1.29, 1.82) is 0 Å². The van der Waals surface area contributed by atoms with E-state index in [1.807, 2.05) is 6.07 Å². The largest absolute Gasteiger partial charge is 0.454 e. The van der Waals surface area contributed by atoms with Gasteiger partial charge in [-0.15, -0.1) is 0 Å². The summed E-state index contributed by atoms with van der Waals surface area (Å²) in [6.07, 6.45) is 1.16. The van der Waals surface area contributed by atoms with Gasteiger partial charge in [-0.2, -0.15) is 0 Å². The van der Waals surface area contributed by atoms with Crippen molar-refractivity contribution in [1.82, 2.24) is 0 Å². The zero-order valence-electron chi connectivity index (χ0n) is 9.45. The second-order valence-electron chi connectivity index (χ2n) is 4.14. The molecule has 4 heteroatoms. The molecule has 0 fully saturated rings. The predicted molar refractivity (Wildman–Crippen MR) is 63.6 cm³/mol. The highest BCUT2D eigenvalue weighted by Gasteiger charge is 2.22. The normalized spacial score (nSPS) is 16.9. The maximum Gasteiger partial charge on any atom is 0.231 e. The number of rotatable bonds is 2. The molecule has 2 aliphatic heterocycles. The van der Waals surface area contributed by atoms with Crippen LogP contribution < -0.4 is 19.7 Å². The van der Waals surface area contributed by atoms with Gasteiger partial charge in [-0.3, -0.25) is 0 Å². The molecule has 0 saturated heterocycles. The van der Waals surface area contributed by atoms with Crippen LogP contribution in [0.4, 0.5) is 11.4 Å². The summed E-state index contributed by atoms with van der Waals surface area (Å²) >= 11 is 0. The molecule has 86 valence electrons. The van der Waals surface area contributed by atoms with E-state index in [-0.39, 0.29) is 0 Å². The molecule has 0 aliphatic carbocycles. The number of fused-ring (bicyclic) bond motifs is 2. The lowest BCUT2D eigenvalue weighted by atomic mass is 10.1. The first-order chi connectivity index (χ1) is 7.88. The van der Waals surface area contributed by atoms with Gasteiger partial charge in [-0.1, -0.05) is 6.92 Å². The van der Waals surface area contributed by atoms with Crippen molar-refractivity contribution >= 4 is 11.4 Å². The molecule has 2 aliphatic rings. The molecule has 0 radical (unpaired) electrons. The van der Waals surface area contributed by atoms with Crippen molar-refractivity contribution in [3.63, 3.8) is 0 Å². The number of anilines is 2. The van der Waals surface area contributed by atoms with Crippen molar-refractivity contribution in [2.24, 2.45) is 0 Å². The summed E-state index contributed by atoms with van der Waals surface area (Å²) < 4.78 is 10.8. The molecule has 3 rings (SSSR count). The third kappa shape index (κ3) is 1.45. The van der Waals surface area contributed by atoms with Gasteiger partial charge in [0, 0.05) is 31.8 Å². The molecule has 4 nitrogen and oxygen atoms in total. The van der Waals surface area contributed by atoms with Crippen LogP contribution in [0.5, 0.6) is 11.5 Å². The maximum atomic E-state index is 5.41. The monoisotopic (exact) mass is 220 g/mol. The standard InChI is InChI=1S/C12H16N2O2/c1-2-4-14-5-3-13-9-6-11-12(7-10(9)14)16-8-15-11/h6-7,13H,2-5,8H2,1H3. The second-order valence-corrected chi connectivity index (χ2v) is 4.14. The summed E-state index contributed by atoms with van der Waals surface area (Å²) in [6, 6.07) is 4.12. The van der Waals surface area contributed by atoms with Gasteiger partial charge in [0.1, 0.15) is 0 Å². The van der Waals surface area contributed by atoms with E-state index in [1.54, 1.807) is 0 Å². The van der Waals surface area contributed by atoms with E-state index < -0.39 is 0 Å². The average Bonchev–Trinajstić information content (AvgIpc) is 2.74. The molecule has 2 heterocycles. The van der Waals surface area contributed by atoms with Gasteiger partial charge in [0.05, 0.1) is 11.4 Å². The number of ether oxygens (including phenoxy) is 2. The molecule has 0 amide bonds. The Hall–Kier alpha value is -1.58. The van der Waals surface area contributed by atoms with E-state index in [4.69, 9.17) is 9.47 Å². The van der Waals surface area contributed by atoms with Crippen molar-refractivity contribution in [3.05, 3.63) is 12.1 Å². The van der Waals surface area contributed by atoms with E-state index in [0.29, 0.717) is 6.79 Å². The van der Waals surface area contributed by atoms with Crippen LogP contribution in [0.3, 0.4) is 0 Å². The zero-order chi connectivity index (χ0) is 11.0. The third-order valence-electron chi connectivity index (χ3n) is 3.02. The van der Waals surface area contributed by atoms with Gasteiger partial charge in [0.2, 0.25) is 6.79 Å². The Morgan fingerprint density at radius 2 is 2.12 bits per heavy atom. The fourth-order valence-electron chi connectivity index (χ4n) is 2.28. The van der Waals surface area contributed by atoms with Gasteiger partial charge < -0.3 is 19.7 Å². The van der Waals surface area contributed by atoms with Gasteiger partial charge in [0.25, 0.3) is 0 Å². The quantitative estimate of drug-likeness (QED) is 0.827. The molecule has 1 N–H and O–H groups in total. The van der Waals surface area contributed by atoms with Gasteiger partial charge in [0.15, 0.2) is 11.5 Å². The second kappa shape index (κ2) is 3.77. The number of hydrogen-bond donors (Lipinski definition) is 1. The van der Waals surface area contributed by atoms with E-state index in [9.17, 15) is 0 Å². The third-order valence-corrected chi connectivity index (χ3v) is 3.02. The molecule has 16 heavy (non-hydrogen) atoms. The zero-order valence-corrected chi connectivity index (χ0v) is 9.45. The first kappa shape index (κ1) is 9.63. The molecule has 0 atom stereocenters. The van der Waals surface area contributed by atoms with Crippen LogP contribution >= 0.6 is 0 Å². The van der Waals surface area contributed by atoms with Crippen LogP contribution in [0.2, 0.25) is 0 Å². The van der Waals surface area contributed by atoms with Crippen LogP contribution in [0, 0.1) is 0 Å². The number of nitrogens with one attached hydrogen (secondary N) is 1. The minimum atomic E-state index is 0.339. The van der Waals surface area contributed by atoms with Crippen LogP contribution in [-0.2, 0) is 0 Å². The fraction of sp³-hybridized carbons (Fsp3) is 0.500. The Bertz CT molecular complexity index is 406. The summed E-state index contributed by atoms with van der Waals surface area (Å²) in [7, 11) is 0. The first-order valence-electron chi connectivity index (χ1n) is 5.81.